The molecule has 0 unspecified atom stereocenters. The minimum Gasteiger partial charge on any atom is -0.493 e. The van der Waals surface area contributed by atoms with E-state index in [2.05, 4.69) is 28.2 Å². The molecule has 0 amide bonds. The van der Waals surface area contributed by atoms with E-state index in [-0.39, 0.29) is 5.88 Å². The summed E-state index contributed by atoms with van der Waals surface area (Å²) in [6, 6.07) is 6.86. The van der Waals surface area contributed by atoms with E-state index in [9.17, 15) is 5.11 Å². The fourth-order valence-electron chi connectivity index (χ4n) is 5.11. The van der Waals surface area contributed by atoms with Gasteiger partial charge < -0.3 is 14.8 Å². The van der Waals surface area contributed by atoms with Gasteiger partial charge in [-0.25, -0.2) is 4.98 Å². The van der Waals surface area contributed by atoms with Crippen LogP contribution in [0.4, 0.5) is 0 Å². The number of thiazole rings is 1. The van der Waals surface area contributed by atoms with Crippen molar-refractivity contribution in [2.75, 3.05) is 7.11 Å². The molecule has 7 heteroatoms. The molecule has 5 rings (SSSR count). The molecule has 0 bridgehead atoms. The number of benzene rings is 1. The van der Waals surface area contributed by atoms with E-state index in [0.29, 0.717) is 23.3 Å². The average Bonchev–Trinajstić information content (AvgIpc) is 3.45. The number of rotatable bonds is 9. The molecule has 2 heterocycles. The molecule has 5 nitrogen and oxygen atoms in total. The number of ether oxygens (including phenoxy) is 1. The Bertz CT molecular complexity index is 1120. The summed E-state index contributed by atoms with van der Waals surface area (Å²) in [5.41, 5.74) is 4.47. The molecule has 2 saturated carbocycles. The molecule has 0 spiro atoms. The van der Waals surface area contributed by atoms with Gasteiger partial charge in [0.25, 0.3) is 0 Å². The third-order valence-corrected chi connectivity index (χ3v) is 8.44. The van der Waals surface area contributed by atoms with E-state index in [1.165, 1.54) is 43.2 Å². The van der Waals surface area contributed by atoms with Gasteiger partial charge in [-0.3, -0.25) is 4.57 Å². The minimum atomic E-state index is 0.207. The minimum absolute atomic E-state index is 0.207. The summed E-state index contributed by atoms with van der Waals surface area (Å²) >= 11 is 7.17. The zero-order chi connectivity index (χ0) is 22.8. The zero-order valence-corrected chi connectivity index (χ0v) is 20.9. The number of aryl methyl sites for hydroxylation is 1. The van der Waals surface area contributed by atoms with Crippen molar-refractivity contribution in [2.45, 2.75) is 70.4 Å². The number of methoxy groups -OCH3 is 1. The molecule has 2 N–H and O–H groups in total. The second-order valence-corrected chi connectivity index (χ2v) is 11.1. The Morgan fingerprint density at radius 1 is 1.18 bits per heavy atom. The third-order valence-electron chi connectivity index (χ3n) is 7.35. The first-order valence-electron chi connectivity index (χ1n) is 12.2. The van der Waals surface area contributed by atoms with Gasteiger partial charge in [0.05, 0.1) is 12.6 Å². The Morgan fingerprint density at radius 3 is 2.67 bits per heavy atom. The maximum absolute atomic E-state index is 11.2. The van der Waals surface area contributed by atoms with Gasteiger partial charge in [-0.2, -0.15) is 0 Å². The fourth-order valence-corrected chi connectivity index (χ4v) is 5.97. The Balaban J connectivity index is 1.44. The van der Waals surface area contributed by atoms with Gasteiger partial charge >= 0.3 is 0 Å². The van der Waals surface area contributed by atoms with Crippen LogP contribution in [0.1, 0.15) is 61.1 Å². The van der Waals surface area contributed by atoms with Crippen molar-refractivity contribution in [3.63, 3.8) is 0 Å². The fraction of sp³-hybridized carbons (Fsp3) is 0.538. The molecule has 2 aliphatic carbocycles. The molecule has 1 aromatic carbocycles. The van der Waals surface area contributed by atoms with Crippen molar-refractivity contribution in [3.8, 4) is 17.1 Å². The monoisotopic (exact) mass is 483 g/mol. The van der Waals surface area contributed by atoms with E-state index in [1.807, 2.05) is 12.5 Å². The van der Waals surface area contributed by atoms with Crippen LogP contribution < -0.4 is 0 Å². The Kier molecular flexibility index (Phi) is 6.99. The van der Waals surface area contributed by atoms with Crippen LogP contribution in [0.3, 0.4) is 0 Å². The summed E-state index contributed by atoms with van der Waals surface area (Å²) in [5, 5.41) is 14.1. The summed E-state index contributed by atoms with van der Waals surface area (Å²) in [6.45, 7) is 0.483. The largest absolute Gasteiger partial charge is 0.493 e. The number of H-pyrrole nitrogens is 1. The van der Waals surface area contributed by atoms with Crippen molar-refractivity contribution in [3.05, 3.63) is 50.7 Å². The van der Waals surface area contributed by atoms with Crippen molar-refractivity contribution in [2.24, 2.45) is 11.8 Å². The van der Waals surface area contributed by atoms with Crippen LogP contribution in [0.2, 0.25) is 0 Å². The van der Waals surface area contributed by atoms with Gasteiger partial charge in [0.2, 0.25) is 5.88 Å². The lowest BCUT2D eigenvalue weighted by molar-refractivity contribution is 0.0569. The molecule has 33 heavy (non-hydrogen) atoms. The van der Waals surface area contributed by atoms with E-state index >= 15 is 0 Å². The van der Waals surface area contributed by atoms with Gasteiger partial charge in [-0.15, -0.1) is 11.3 Å². The topological polar surface area (TPSA) is 63.1 Å². The molecule has 0 atom stereocenters. The number of aromatic amines is 1. The normalized spacial score (nSPS) is 20.9. The number of imidazole rings is 1. The molecule has 0 radical (unpaired) electrons. The quantitative estimate of drug-likeness (QED) is 0.340. The molecule has 0 aliphatic heterocycles. The summed E-state index contributed by atoms with van der Waals surface area (Å²) in [7, 11) is 1.82. The standard InChI is InChI=1S/C26H33N3O2S2/c1-31-21-10-7-18(8-11-21)14-20-9-6-19(5-4-17-2-3-17)15-22(20)24-25(30)29(26(32)28-24)16-23-27-12-13-33-23/h6,9,12-13,15,17-18,21,30H,2-5,7-8,10-11,14,16H2,1H3,(H,28,32). The second-order valence-electron chi connectivity index (χ2n) is 9.70. The highest BCUT2D eigenvalue weighted by Crippen LogP contribution is 2.38. The first kappa shape index (κ1) is 22.8. The number of aromatic nitrogens is 3. The Morgan fingerprint density at radius 2 is 1.97 bits per heavy atom. The van der Waals surface area contributed by atoms with E-state index in [4.69, 9.17) is 17.0 Å². The zero-order valence-electron chi connectivity index (χ0n) is 19.3. The molecule has 0 saturated heterocycles. The number of nitrogens with one attached hydrogen (secondary N) is 1. The van der Waals surface area contributed by atoms with Gasteiger partial charge in [0, 0.05) is 24.3 Å². The van der Waals surface area contributed by atoms with Gasteiger partial charge in [-0.1, -0.05) is 25.0 Å². The Labute approximate surface area is 204 Å². The predicted molar refractivity (Wildman–Crippen MR) is 135 cm³/mol. The van der Waals surface area contributed by atoms with Crippen molar-refractivity contribution in [1.29, 1.82) is 0 Å². The first-order chi connectivity index (χ1) is 16.1. The van der Waals surface area contributed by atoms with Crippen LogP contribution in [0.5, 0.6) is 5.88 Å². The number of aromatic hydroxyl groups is 1. The highest BCUT2D eigenvalue weighted by atomic mass is 32.1. The molecular weight excluding hydrogens is 450 g/mol. The van der Waals surface area contributed by atoms with Gasteiger partial charge in [-0.05, 0) is 86.2 Å². The summed E-state index contributed by atoms with van der Waals surface area (Å²) in [6.07, 6.45) is 13.0. The molecule has 3 aromatic rings. The van der Waals surface area contributed by atoms with E-state index < -0.39 is 0 Å². The summed E-state index contributed by atoms with van der Waals surface area (Å²) in [5.74, 6) is 1.76. The number of hydrogen-bond acceptors (Lipinski definition) is 5. The molecule has 2 aromatic heterocycles. The van der Waals surface area contributed by atoms with Crippen molar-refractivity contribution in [1.82, 2.24) is 14.5 Å². The maximum atomic E-state index is 11.2. The maximum Gasteiger partial charge on any atom is 0.218 e. The number of hydrogen-bond donors (Lipinski definition) is 2. The smallest absolute Gasteiger partial charge is 0.218 e. The van der Waals surface area contributed by atoms with Gasteiger partial charge in [0.15, 0.2) is 4.77 Å². The lowest BCUT2D eigenvalue weighted by Gasteiger charge is -2.28. The van der Waals surface area contributed by atoms with Crippen LogP contribution in [0, 0.1) is 16.6 Å². The Hall–Kier alpha value is -1.96. The lowest BCUT2D eigenvalue weighted by atomic mass is 9.82. The molecular formula is C26H33N3O2S2. The van der Waals surface area contributed by atoms with Crippen LogP contribution in [0.15, 0.2) is 29.8 Å². The molecule has 2 aliphatic rings. The van der Waals surface area contributed by atoms with Crippen molar-refractivity contribution >= 4 is 23.6 Å². The first-order valence-corrected chi connectivity index (χ1v) is 13.4. The molecule has 2 fully saturated rings. The van der Waals surface area contributed by atoms with Crippen LogP contribution in [0.25, 0.3) is 11.3 Å². The number of nitrogens with zero attached hydrogens (tertiary/aromatic N) is 2. The summed E-state index contributed by atoms with van der Waals surface area (Å²) < 4.78 is 7.86. The summed E-state index contributed by atoms with van der Waals surface area (Å²) in [4.78, 5) is 7.69. The predicted octanol–water partition coefficient (Wildman–Crippen LogP) is 6.51. The van der Waals surface area contributed by atoms with Crippen molar-refractivity contribution < 1.29 is 9.84 Å². The highest BCUT2D eigenvalue weighted by Gasteiger charge is 2.25. The lowest BCUT2D eigenvalue weighted by Crippen LogP contribution is -2.21. The molecule has 176 valence electrons. The van der Waals surface area contributed by atoms with Crippen LogP contribution in [-0.2, 0) is 24.1 Å². The third kappa shape index (κ3) is 5.42. The van der Waals surface area contributed by atoms with E-state index in [0.717, 1.165) is 47.9 Å². The van der Waals surface area contributed by atoms with E-state index in [1.54, 1.807) is 22.1 Å². The van der Waals surface area contributed by atoms with Gasteiger partial charge in [0.1, 0.15) is 10.7 Å². The SMILES string of the molecule is COC1CCC(Cc2ccc(CCC3CC3)cc2-c2[nH]c(=S)n(Cc3nccs3)c2O)CC1. The second kappa shape index (κ2) is 10.1. The highest BCUT2D eigenvalue weighted by molar-refractivity contribution is 7.71. The average molecular weight is 484 g/mol. The van der Waals surface area contributed by atoms with Crippen LogP contribution >= 0.6 is 23.6 Å². The van der Waals surface area contributed by atoms with Crippen LogP contribution in [-0.4, -0.2) is 32.9 Å².